The van der Waals surface area contributed by atoms with Crippen LogP contribution >= 0.6 is 0 Å². The number of aromatic nitrogens is 1. The van der Waals surface area contributed by atoms with Crippen molar-refractivity contribution < 1.29 is 18.7 Å². The van der Waals surface area contributed by atoms with Gasteiger partial charge in [-0.05, 0) is 69.2 Å². The predicted octanol–water partition coefficient (Wildman–Crippen LogP) is 7.07. The molecule has 198 valence electrons. The van der Waals surface area contributed by atoms with E-state index in [-0.39, 0.29) is 5.69 Å². The summed E-state index contributed by atoms with van der Waals surface area (Å²) >= 11 is -2.36. The highest BCUT2D eigenvalue weighted by atomic mass is 32.2. The van der Waals surface area contributed by atoms with Gasteiger partial charge in [0.25, 0.3) is 11.3 Å². The van der Waals surface area contributed by atoms with E-state index in [2.05, 4.69) is 11.8 Å². The molecule has 5 rings (SSSR count). The monoisotopic (exact) mass is 531 g/mol. The zero-order chi connectivity index (χ0) is 26.8. The number of aryl methyl sites for hydroxylation is 1. The molecule has 3 aromatic carbocycles. The van der Waals surface area contributed by atoms with Crippen LogP contribution in [0.25, 0.3) is 16.6 Å². The SMILES string of the molecule is CCN(c1ccc(-n2c(C(=O)O)cc3ccccc32)cc1N(c1ccc(C)cc1)S(=O)O)C1CCCCC1. The average Bonchev–Trinajstić information content (AvgIpc) is 3.32. The van der Waals surface area contributed by atoms with Crippen LogP contribution in [0.3, 0.4) is 0 Å². The van der Waals surface area contributed by atoms with Crippen molar-refractivity contribution in [3.8, 4) is 5.69 Å². The minimum absolute atomic E-state index is 0.136. The molecule has 1 saturated carbocycles. The molecular weight excluding hydrogens is 498 g/mol. The predicted molar refractivity (Wildman–Crippen MR) is 154 cm³/mol. The van der Waals surface area contributed by atoms with Gasteiger partial charge in [-0.25, -0.2) is 13.3 Å². The van der Waals surface area contributed by atoms with E-state index in [1.807, 2.05) is 73.7 Å². The Labute approximate surface area is 225 Å². The number of hydrogen-bond acceptors (Lipinski definition) is 3. The number of fused-ring (bicyclic) bond motifs is 1. The minimum atomic E-state index is -2.36. The van der Waals surface area contributed by atoms with E-state index in [9.17, 15) is 18.7 Å². The van der Waals surface area contributed by atoms with Gasteiger partial charge < -0.3 is 14.6 Å². The second-order valence-electron chi connectivity index (χ2n) is 9.84. The number of nitrogens with zero attached hydrogens (tertiary/aromatic N) is 3. The molecular formula is C30H33N3O4S. The number of rotatable bonds is 8. The molecule has 0 aliphatic heterocycles. The summed E-state index contributed by atoms with van der Waals surface area (Å²) in [6.45, 7) is 4.84. The molecule has 1 unspecified atom stereocenters. The van der Waals surface area contributed by atoms with Crippen LogP contribution < -0.4 is 9.21 Å². The molecule has 4 aromatic rings. The lowest BCUT2D eigenvalue weighted by Crippen LogP contribution is -2.38. The average molecular weight is 532 g/mol. The van der Waals surface area contributed by atoms with Gasteiger partial charge in [-0.1, -0.05) is 55.2 Å². The van der Waals surface area contributed by atoms with Crippen molar-refractivity contribution in [3.63, 3.8) is 0 Å². The van der Waals surface area contributed by atoms with Crippen molar-refractivity contribution in [2.75, 3.05) is 15.7 Å². The second-order valence-corrected chi connectivity index (χ2v) is 10.7. The quantitative estimate of drug-likeness (QED) is 0.238. The van der Waals surface area contributed by atoms with Crippen LogP contribution in [0.5, 0.6) is 0 Å². The van der Waals surface area contributed by atoms with Crippen molar-refractivity contribution >= 4 is 45.2 Å². The van der Waals surface area contributed by atoms with Crippen molar-refractivity contribution in [2.45, 2.75) is 52.0 Å². The Hall–Kier alpha value is -3.62. The fraction of sp³-hybridized carbons (Fsp3) is 0.300. The Bertz CT molecular complexity index is 1470. The second kappa shape index (κ2) is 11.0. The Morgan fingerprint density at radius 1 is 0.974 bits per heavy atom. The molecule has 1 atom stereocenters. The van der Waals surface area contributed by atoms with E-state index in [4.69, 9.17) is 0 Å². The van der Waals surface area contributed by atoms with Gasteiger partial charge in [-0.3, -0.25) is 4.55 Å². The fourth-order valence-corrected chi connectivity index (χ4v) is 6.27. The van der Waals surface area contributed by atoms with E-state index < -0.39 is 17.2 Å². The van der Waals surface area contributed by atoms with Crippen LogP contribution in [-0.4, -0.2) is 37.0 Å². The summed E-state index contributed by atoms with van der Waals surface area (Å²) in [4.78, 5) is 14.6. The molecule has 2 N–H and O–H groups in total. The highest BCUT2D eigenvalue weighted by molar-refractivity contribution is 7.81. The molecule has 7 nitrogen and oxygen atoms in total. The number of anilines is 3. The molecule has 0 amide bonds. The van der Waals surface area contributed by atoms with Crippen LogP contribution in [0.15, 0.2) is 72.8 Å². The van der Waals surface area contributed by atoms with Crippen molar-refractivity contribution in [1.29, 1.82) is 0 Å². The highest BCUT2D eigenvalue weighted by Crippen LogP contribution is 2.40. The molecule has 1 heterocycles. The smallest absolute Gasteiger partial charge is 0.352 e. The molecule has 1 aliphatic rings. The summed E-state index contributed by atoms with van der Waals surface area (Å²) in [5.41, 5.74) is 4.57. The summed E-state index contributed by atoms with van der Waals surface area (Å²) in [5, 5.41) is 10.8. The molecule has 8 heteroatoms. The lowest BCUT2D eigenvalue weighted by atomic mass is 9.93. The first-order chi connectivity index (χ1) is 18.4. The van der Waals surface area contributed by atoms with Gasteiger partial charge in [0, 0.05) is 23.7 Å². The van der Waals surface area contributed by atoms with Crippen LogP contribution in [0, 0.1) is 6.92 Å². The molecule has 0 bridgehead atoms. The molecule has 1 aliphatic carbocycles. The maximum Gasteiger partial charge on any atom is 0.352 e. The Morgan fingerprint density at radius 2 is 1.68 bits per heavy atom. The molecule has 0 radical (unpaired) electrons. The van der Waals surface area contributed by atoms with Crippen LogP contribution in [-0.2, 0) is 11.3 Å². The lowest BCUT2D eigenvalue weighted by Gasteiger charge is -2.38. The lowest BCUT2D eigenvalue weighted by molar-refractivity contribution is 0.0688. The van der Waals surface area contributed by atoms with E-state index in [0.717, 1.165) is 41.5 Å². The van der Waals surface area contributed by atoms with E-state index >= 15 is 0 Å². The van der Waals surface area contributed by atoms with Crippen molar-refractivity contribution in [1.82, 2.24) is 4.57 Å². The van der Waals surface area contributed by atoms with Crippen LogP contribution in [0.2, 0.25) is 0 Å². The molecule has 0 spiro atoms. The Balaban J connectivity index is 1.75. The zero-order valence-corrected chi connectivity index (χ0v) is 22.5. The van der Waals surface area contributed by atoms with Gasteiger partial charge in [-0.2, -0.15) is 0 Å². The van der Waals surface area contributed by atoms with Gasteiger partial charge in [-0.15, -0.1) is 0 Å². The van der Waals surface area contributed by atoms with E-state index in [0.29, 0.717) is 23.1 Å². The molecule has 1 fully saturated rings. The topological polar surface area (TPSA) is 86.0 Å². The van der Waals surface area contributed by atoms with Crippen LogP contribution in [0.1, 0.15) is 55.1 Å². The van der Waals surface area contributed by atoms with Crippen molar-refractivity contribution in [3.05, 3.63) is 84.1 Å². The van der Waals surface area contributed by atoms with Crippen molar-refractivity contribution in [2.24, 2.45) is 0 Å². The zero-order valence-electron chi connectivity index (χ0n) is 21.7. The number of carboxylic acids is 1. The standard InChI is InChI=1S/C30H33N3O4S/c1-3-31(23-10-5-4-6-11-23)27-18-17-25(32-26-12-8-7-9-22(26)19-29(32)30(34)35)20-28(27)33(38(36)37)24-15-13-21(2)14-16-24/h7-9,12-20,23H,3-6,10-11H2,1-2H3,(H,34,35)(H,36,37). The Morgan fingerprint density at radius 3 is 2.34 bits per heavy atom. The summed E-state index contributed by atoms with van der Waals surface area (Å²) < 4.78 is 26.7. The number of carbonyl (C=O) groups is 1. The third kappa shape index (κ3) is 4.93. The minimum Gasteiger partial charge on any atom is -0.477 e. The normalized spacial score (nSPS) is 14.9. The van der Waals surface area contributed by atoms with Gasteiger partial charge in [0.2, 0.25) is 0 Å². The number of aromatic carboxylic acids is 1. The van der Waals surface area contributed by atoms with Gasteiger partial charge in [0.05, 0.1) is 22.6 Å². The maximum absolute atomic E-state index is 12.9. The third-order valence-electron chi connectivity index (χ3n) is 7.46. The number of benzene rings is 3. The summed E-state index contributed by atoms with van der Waals surface area (Å²) in [6.07, 6.45) is 5.72. The number of para-hydroxylation sites is 1. The van der Waals surface area contributed by atoms with E-state index in [1.165, 1.54) is 23.6 Å². The fourth-order valence-electron chi connectivity index (χ4n) is 5.66. The highest BCUT2D eigenvalue weighted by Gasteiger charge is 2.28. The summed E-state index contributed by atoms with van der Waals surface area (Å²) in [7, 11) is 0. The van der Waals surface area contributed by atoms with Gasteiger partial charge >= 0.3 is 5.97 Å². The largest absolute Gasteiger partial charge is 0.477 e. The first kappa shape index (κ1) is 26.0. The third-order valence-corrected chi connectivity index (χ3v) is 8.18. The van der Waals surface area contributed by atoms with E-state index in [1.54, 1.807) is 10.6 Å². The molecule has 38 heavy (non-hydrogen) atoms. The molecule has 0 saturated heterocycles. The first-order valence-electron chi connectivity index (χ1n) is 13.1. The molecule has 1 aromatic heterocycles. The first-order valence-corrected chi connectivity index (χ1v) is 14.2. The summed E-state index contributed by atoms with van der Waals surface area (Å²) in [5.74, 6) is -1.04. The summed E-state index contributed by atoms with van der Waals surface area (Å²) in [6, 6.07) is 22.8. The van der Waals surface area contributed by atoms with Gasteiger partial charge in [0.15, 0.2) is 0 Å². The maximum atomic E-state index is 12.9. The number of carboxylic acid groups (broad SMARTS) is 1. The van der Waals surface area contributed by atoms with Gasteiger partial charge in [0.1, 0.15) is 5.69 Å². The Kier molecular flexibility index (Phi) is 7.53. The van der Waals surface area contributed by atoms with Crippen LogP contribution in [0.4, 0.5) is 17.1 Å². The number of hydrogen-bond donors (Lipinski definition) is 2.